The van der Waals surface area contributed by atoms with E-state index in [9.17, 15) is 4.79 Å². The Morgan fingerprint density at radius 3 is 2.00 bits per heavy atom. The van der Waals surface area contributed by atoms with Crippen LogP contribution in [0.1, 0.15) is 33.3 Å². The first-order chi connectivity index (χ1) is 11.7. The number of rotatable bonds is 3. The third-order valence-electron chi connectivity index (χ3n) is 7.01. The van der Waals surface area contributed by atoms with Crippen molar-refractivity contribution in [2.24, 2.45) is 10.8 Å². The maximum atomic E-state index is 12.5. The Morgan fingerprint density at radius 2 is 1.48 bits per heavy atom. The van der Waals surface area contributed by atoms with E-state index in [0.717, 1.165) is 31.7 Å². The maximum absolute atomic E-state index is 12.5. The van der Waals surface area contributed by atoms with Gasteiger partial charge in [0.1, 0.15) is 0 Å². The van der Waals surface area contributed by atoms with E-state index in [4.69, 9.17) is 0 Å². The van der Waals surface area contributed by atoms with Gasteiger partial charge < -0.3 is 9.80 Å². The summed E-state index contributed by atoms with van der Waals surface area (Å²) in [5.41, 5.74) is 3.35. The lowest BCUT2D eigenvalue weighted by Gasteiger charge is -2.35. The van der Waals surface area contributed by atoms with Crippen molar-refractivity contribution in [3.8, 4) is 0 Å². The molecule has 0 atom stereocenters. The number of carbonyl (C=O) groups is 1. The van der Waals surface area contributed by atoms with E-state index in [-0.39, 0.29) is 5.91 Å². The highest BCUT2D eigenvalue weighted by atomic mass is 16.2. The Labute approximate surface area is 153 Å². The molecule has 3 nitrogen and oxygen atoms in total. The average molecular weight is 340 g/mol. The van der Waals surface area contributed by atoms with E-state index < -0.39 is 0 Å². The fourth-order valence-electron chi connectivity index (χ4n) is 4.34. The number of hydrogen-bond donors (Lipinski definition) is 0. The zero-order valence-corrected chi connectivity index (χ0v) is 16.6. The van der Waals surface area contributed by atoms with Crippen LogP contribution in [0.4, 0.5) is 0 Å². The molecule has 0 unspecified atom stereocenters. The van der Waals surface area contributed by atoms with Crippen LogP contribution in [0.25, 0.3) is 0 Å². The molecule has 0 N–H and O–H groups in total. The molecule has 0 bridgehead atoms. The lowest BCUT2D eigenvalue weighted by Crippen LogP contribution is -2.47. The molecular formula is C21H33BN2O. The van der Waals surface area contributed by atoms with Crippen LogP contribution in [0, 0.1) is 10.8 Å². The quantitative estimate of drug-likeness (QED) is 0.790. The van der Waals surface area contributed by atoms with Gasteiger partial charge in [-0.15, -0.1) is 0 Å². The van der Waals surface area contributed by atoms with Gasteiger partial charge in [-0.05, 0) is 23.4 Å². The van der Waals surface area contributed by atoms with Crippen molar-refractivity contribution < 1.29 is 4.79 Å². The summed E-state index contributed by atoms with van der Waals surface area (Å²) in [6.07, 6.45) is 3.03. The molecule has 4 heteroatoms. The molecule has 0 aromatic heterocycles. The monoisotopic (exact) mass is 340 g/mol. The van der Waals surface area contributed by atoms with Gasteiger partial charge in [-0.1, -0.05) is 70.1 Å². The van der Waals surface area contributed by atoms with Gasteiger partial charge in [-0.3, -0.25) is 4.79 Å². The summed E-state index contributed by atoms with van der Waals surface area (Å²) >= 11 is 0. The molecule has 2 saturated heterocycles. The van der Waals surface area contributed by atoms with Crippen molar-refractivity contribution in [3.63, 3.8) is 0 Å². The van der Waals surface area contributed by atoms with E-state index in [0.29, 0.717) is 24.0 Å². The smallest absolute Gasteiger partial charge is 0.227 e. The van der Waals surface area contributed by atoms with Gasteiger partial charge >= 0.3 is 0 Å². The highest BCUT2D eigenvalue weighted by Crippen LogP contribution is 2.52. The van der Waals surface area contributed by atoms with Gasteiger partial charge in [0.15, 0.2) is 6.71 Å². The van der Waals surface area contributed by atoms with Crippen LogP contribution in [0.3, 0.4) is 0 Å². The highest BCUT2D eigenvalue weighted by Gasteiger charge is 2.47. The van der Waals surface area contributed by atoms with Crippen molar-refractivity contribution in [3.05, 3.63) is 29.8 Å². The van der Waals surface area contributed by atoms with Crippen LogP contribution in [-0.4, -0.2) is 55.6 Å². The molecule has 2 fully saturated rings. The summed E-state index contributed by atoms with van der Waals surface area (Å²) < 4.78 is 0. The van der Waals surface area contributed by atoms with Gasteiger partial charge in [0.05, 0.1) is 6.42 Å². The molecule has 0 saturated carbocycles. The van der Waals surface area contributed by atoms with Crippen LogP contribution >= 0.6 is 0 Å². The largest absolute Gasteiger partial charge is 0.340 e. The number of hydrogen-bond acceptors (Lipinski definition) is 2. The molecule has 2 aliphatic rings. The van der Waals surface area contributed by atoms with Crippen LogP contribution in [0.5, 0.6) is 0 Å². The Balaban J connectivity index is 1.60. The van der Waals surface area contributed by atoms with Crippen molar-refractivity contribution in [2.45, 2.75) is 46.8 Å². The van der Waals surface area contributed by atoms with Gasteiger partial charge in [0.25, 0.3) is 0 Å². The predicted octanol–water partition coefficient (Wildman–Crippen LogP) is 2.77. The first kappa shape index (κ1) is 18.5. The molecule has 1 aromatic carbocycles. The van der Waals surface area contributed by atoms with Crippen LogP contribution in [-0.2, 0) is 11.2 Å². The molecule has 2 heterocycles. The van der Waals surface area contributed by atoms with E-state index in [1.165, 1.54) is 18.1 Å². The minimum Gasteiger partial charge on any atom is -0.340 e. The lowest BCUT2D eigenvalue weighted by molar-refractivity contribution is -0.132. The second kappa shape index (κ2) is 6.79. The summed E-state index contributed by atoms with van der Waals surface area (Å²) in [7, 11) is 2.12. The van der Waals surface area contributed by atoms with Crippen molar-refractivity contribution in [2.75, 3.05) is 33.2 Å². The Kier molecular flexibility index (Phi) is 5.03. The standard InChI is InChI=1S/C21H33BN2O/c1-20(2)15-22(16-21(20,3)4)18-8-6-17(7-9-18)14-19(25)24-12-10-23(5)11-13-24/h6-9H,10-16H2,1-5H3. The topological polar surface area (TPSA) is 23.6 Å². The summed E-state index contributed by atoms with van der Waals surface area (Å²) in [4.78, 5) is 16.8. The molecule has 25 heavy (non-hydrogen) atoms. The molecule has 136 valence electrons. The second-order valence-corrected chi connectivity index (χ2v) is 9.48. The van der Waals surface area contributed by atoms with E-state index in [1.807, 2.05) is 4.90 Å². The van der Waals surface area contributed by atoms with E-state index in [1.54, 1.807) is 0 Å². The molecule has 0 aliphatic carbocycles. The van der Waals surface area contributed by atoms with Gasteiger partial charge in [-0.25, -0.2) is 0 Å². The molecule has 2 aliphatic heterocycles. The van der Waals surface area contributed by atoms with Crippen LogP contribution in [0.2, 0.25) is 12.6 Å². The number of likely N-dealkylation sites (N-methyl/N-ethyl adjacent to an activating group) is 1. The van der Waals surface area contributed by atoms with Gasteiger partial charge in [-0.2, -0.15) is 0 Å². The van der Waals surface area contributed by atoms with Crippen LogP contribution < -0.4 is 5.46 Å². The molecule has 1 aromatic rings. The zero-order valence-electron chi connectivity index (χ0n) is 16.6. The summed E-state index contributed by atoms with van der Waals surface area (Å²) in [6, 6.07) is 8.85. The van der Waals surface area contributed by atoms with E-state index >= 15 is 0 Å². The first-order valence-corrected chi connectivity index (χ1v) is 9.73. The number of carbonyl (C=O) groups excluding carboxylic acids is 1. The zero-order chi connectivity index (χ0) is 18.2. The fraction of sp³-hybridized carbons (Fsp3) is 0.667. The maximum Gasteiger partial charge on any atom is 0.227 e. The number of benzene rings is 1. The lowest BCUT2D eigenvalue weighted by atomic mass is 9.42. The summed E-state index contributed by atoms with van der Waals surface area (Å²) in [5.74, 6) is 0.268. The van der Waals surface area contributed by atoms with Crippen molar-refractivity contribution in [1.29, 1.82) is 0 Å². The Morgan fingerprint density at radius 1 is 0.960 bits per heavy atom. The summed E-state index contributed by atoms with van der Waals surface area (Å²) in [6.45, 7) is 13.9. The number of nitrogens with zero attached hydrogens (tertiary/aromatic N) is 2. The first-order valence-electron chi connectivity index (χ1n) is 9.73. The fourth-order valence-corrected chi connectivity index (χ4v) is 4.34. The van der Waals surface area contributed by atoms with Gasteiger partial charge in [0.2, 0.25) is 5.91 Å². The third kappa shape index (κ3) is 3.94. The molecule has 0 spiro atoms. The molecule has 1 amide bonds. The summed E-state index contributed by atoms with van der Waals surface area (Å²) in [5, 5.41) is 0. The van der Waals surface area contributed by atoms with E-state index in [2.05, 4.69) is 63.9 Å². The Hall–Kier alpha value is -1.29. The van der Waals surface area contributed by atoms with Crippen LogP contribution in [0.15, 0.2) is 24.3 Å². The highest BCUT2D eigenvalue weighted by molar-refractivity contribution is 6.74. The third-order valence-corrected chi connectivity index (χ3v) is 7.01. The molecular weight excluding hydrogens is 307 g/mol. The minimum absolute atomic E-state index is 0.268. The molecule has 0 radical (unpaired) electrons. The Bertz CT molecular complexity index is 599. The molecule has 3 rings (SSSR count). The predicted molar refractivity (Wildman–Crippen MR) is 107 cm³/mol. The second-order valence-electron chi connectivity index (χ2n) is 9.48. The normalized spacial score (nSPS) is 23.1. The number of piperazine rings is 1. The van der Waals surface area contributed by atoms with Gasteiger partial charge in [0, 0.05) is 26.2 Å². The van der Waals surface area contributed by atoms with Crippen molar-refractivity contribution >= 4 is 18.1 Å². The SMILES string of the molecule is CN1CCN(C(=O)Cc2ccc(B3CC(C)(C)C(C)(C)C3)cc2)CC1. The van der Waals surface area contributed by atoms with Crippen molar-refractivity contribution in [1.82, 2.24) is 9.80 Å². The minimum atomic E-state index is 0.268. The average Bonchev–Trinajstić information content (AvgIpc) is 2.76. The number of amides is 1.